The smallest absolute Gasteiger partial charge is 0.182 e. The van der Waals surface area contributed by atoms with Crippen molar-refractivity contribution < 1.29 is 14.0 Å². The fourth-order valence-corrected chi connectivity index (χ4v) is 3.75. The summed E-state index contributed by atoms with van der Waals surface area (Å²) in [6.07, 6.45) is -0.0341. The number of ketones is 2. The van der Waals surface area contributed by atoms with E-state index >= 15 is 0 Å². The highest BCUT2D eigenvalue weighted by molar-refractivity contribution is 6.33. The normalized spacial score (nSPS) is 15.2. The molecule has 0 bridgehead atoms. The number of fused-ring (bicyclic) bond motifs is 1. The minimum absolute atomic E-state index is 0.0341. The number of hydrogen-bond donors (Lipinski definition) is 0. The predicted octanol–water partition coefficient (Wildman–Crippen LogP) is 5.04. The molecule has 4 rings (SSSR count). The average molecular weight is 365 g/mol. The molecule has 0 aliphatic heterocycles. The number of Topliss-reactive ketones (excluding diaryl/α,β-unsaturated/α-hetero) is 2. The molecule has 0 unspecified atom stereocenters. The van der Waals surface area contributed by atoms with Crippen LogP contribution in [0.4, 0.5) is 4.39 Å². The second-order valence-corrected chi connectivity index (χ2v) is 6.82. The van der Waals surface area contributed by atoms with Crippen LogP contribution in [0.2, 0.25) is 5.02 Å². The molecule has 26 heavy (non-hydrogen) atoms. The van der Waals surface area contributed by atoms with Crippen LogP contribution in [0.3, 0.4) is 0 Å². The number of halogens is 2. The first-order chi connectivity index (χ1) is 12.5. The SMILES string of the molecule is O=C1c2ccccc2C(=O)C1(Cc1ccccc1F)c1ccc(Cl)cc1. The molecular weight excluding hydrogens is 351 g/mol. The Kier molecular flexibility index (Phi) is 3.97. The van der Waals surface area contributed by atoms with Crippen LogP contribution in [0.1, 0.15) is 31.8 Å². The van der Waals surface area contributed by atoms with E-state index in [2.05, 4.69) is 0 Å². The van der Waals surface area contributed by atoms with Crippen molar-refractivity contribution in [1.29, 1.82) is 0 Å². The third-order valence-electron chi connectivity index (χ3n) is 4.94. The molecule has 0 atom stereocenters. The van der Waals surface area contributed by atoms with E-state index in [9.17, 15) is 14.0 Å². The van der Waals surface area contributed by atoms with Crippen molar-refractivity contribution in [3.63, 3.8) is 0 Å². The molecule has 3 aromatic carbocycles. The van der Waals surface area contributed by atoms with Crippen molar-refractivity contribution >= 4 is 23.2 Å². The van der Waals surface area contributed by atoms with Crippen LogP contribution < -0.4 is 0 Å². The predicted molar refractivity (Wildman–Crippen MR) is 98.3 cm³/mol. The lowest BCUT2D eigenvalue weighted by molar-refractivity contribution is 0.0792. The third-order valence-corrected chi connectivity index (χ3v) is 5.19. The summed E-state index contributed by atoms with van der Waals surface area (Å²) < 4.78 is 14.3. The maximum Gasteiger partial charge on any atom is 0.182 e. The second kappa shape index (κ2) is 6.19. The largest absolute Gasteiger partial charge is 0.293 e. The molecule has 0 radical (unpaired) electrons. The molecule has 0 amide bonds. The Balaban J connectivity index is 1.95. The van der Waals surface area contributed by atoms with E-state index in [1.165, 1.54) is 6.07 Å². The fourth-order valence-electron chi connectivity index (χ4n) is 3.63. The van der Waals surface area contributed by atoms with E-state index in [0.717, 1.165) is 0 Å². The molecule has 0 saturated carbocycles. The van der Waals surface area contributed by atoms with Crippen LogP contribution in [0.15, 0.2) is 72.8 Å². The molecular formula is C22H14ClFO2. The van der Waals surface area contributed by atoms with Gasteiger partial charge in [-0.05, 0) is 35.7 Å². The Morgan fingerprint density at radius 1 is 0.769 bits per heavy atom. The molecule has 0 N–H and O–H groups in total. The van der Waals surface area contributed by atoms with Crippen LogP contribution in [-0.2, 0) is 11.8 Å². The van der Waals surface area contributed by atoms with Crippen LogP contribution >= 0.6 is 11.6 Å². The summed E-state index contributed by atoms with van der Waals surface area (Å²) in [5.41, 5.74) is 0.136. The number of hydrogen-bond acceptors (Lipinski definition) is 2. The fraction of sp³-hybridized carbons (Fsp3) is 0.0909. The van der Waals surface area contributed by atoms with Crippen molar-refractivity contribution in [2.45, 2.75) is 11.8 Å². The quantitative estimate of drug-likeness (QED) is 0.610. The number of carbonyl (C=O) groups is 2. The highest BCUT2D eigenvalue weighted by Gasteiger charge is 2.54. The summed E-state index contributed by atoms with van der Waals surface area (Å²) in [7, 11) is 0. The second-order valence-electron chi connectivity index (χ2n) is 6.38. The molecule has 0 saturated heterocycles. The van der Waals surface area contributed by atoms with Crippen LogP contribution in [-0.4, -0.2) is 11.6 Å². The lowest BCUT2D eigenvalue weighted by Gasteiger charge is -2.27. The van der Waals surface area contributed by atoms with Crippen molar-refractivity contribution in [2.75, 3.05) is 0 Å². The van der Waals surface area contributed by atoms with Gasteiger partial charge in [-0.2, -0.15) is 0 Å². The first-order valence-corrected chi connectivity index (χ1v) is 8.60. The summed E-state index contributed by atoms with van der Waals surface area (Å²) >= 11 is 5.98. The highest BCUT2D eigenvalue weighted by atomic mass is 35.5. The van der Waals surface area contributed by atoms with Gasteiger partial charge in [0.25, 0.3) is 0 Å². The van der Waals surface area contributed by atoms with Gasteiger partial charge in [-0.1, -0.05) is 66.2 Å². The molecule has 0 aromatic heterocycles. The van der Waals surface area contributed by atoms with Crippen molar-refractivity contribution in [1.82, 2.24) is 0 Å². The Labute approximate surface area is 155 Å². The zero-order valence-electron chi connectivity index (χ0n) is 13.7. The lowest BCUT2D eigenvalue weighted by Crippen LogP contribution is -2.41. The summed E-state index contributed by atoms with van der Waals surface area (Å²) in [6, 6.07) is 19.6. The van der Waals surface area contributed by atoms with Gasteiger partial charge in [0.05, 0.1) is 0 Å². The minimum Gasteiger partial charge on any atom is -0.293 e. The van der Waals surface area contributed by atoms with Gasteiger partial charge in [-0.15, -0.1) is 0 Å². The Morgan fingerprint density at radius 3 is 1.88 bits per heavy atom. The summed E-state index contributed by atoms with van der Waals surface area (Å²) in [5.74, 6) is -1.04. The van der Waals surface area contributed by atoms with Crippen molar-refractivity contribution in [3.05, 3.63) is 106 Å². The zero-order valence-corrected chi connectivity index (χ0v) is 14.5. The minimum atomic E-state index is -1.48. The van der Waals surface area contributed by atoms with Gasteiger partial charge in [-0.25, -0.2) is 4.39 Å². The first kappa shape index (κ1) is 16.7. The van der Waals surface area contributed by atoms with Gasteiger partial charge < -0.3 is 0 Å². The molecule has 0 spiro atoms. The maximum atomic E-state index is 14.3. The standard InChI is InChI=1S/C22H14ClFO2/c23-16-11-9-15(10-12-16)22(13-14-5-1-4-8-19(14)24)20(25)17-6-2-3-7-18(17)21(22)26/h1-12H,13H2. The van der Waals surface area contributed by atoms with E-state index < -0.39 is 11.2 Å². The van der Waals surface area contributed by atoms with E-state index in [-0.39, 0.29) is 18.0 Å². The van der Waals surface area contributed by atoms with Crippen LogP contribution in [0.25, 0.3) is 0 Å². The van der Waals surface area contributed by atoms with Gasteiger partial charge in [-0.3, -0.25) is 9.59 Å². The highest BCUT2D eigenvalue weighted by Crippen LogP contribution is 2.42. The van der Waals surface area contributed by atoms with E-state index in [1.54, 1.807) is 66.7 Å². The zero-order chi connectivity index (χ0) is 18.3. The lowest BCUT2D eigenvalue weighted by atomic mass is 9.71. The van der Waals surface area contributed by atoms with Crippen molar-refractivity contribution in [3.8, 4) is 0 Å². The van der Waals surface area contributed by atoms with Gasteiger partial charge in [0.1, 0.15) is 11.2 Å². The third kappa shape index (κ3) is 2.39. The van der Waals surface area contributed by atoms with Crippen LogP contribution in [0.5, 0.6) is 0 Å². The number of carbonyl (C=O) groups excluding carboxylic acids is 2. The van der Waals surface area contributed by atoms with Gasteiger partial charge >= 0.3 is 0 Å². The number of benzene rings is 3. The molecule has 0 fully saturated rings. The molecule has 1 aliphatic rings. The summed E-state index contributed by atoms with van der Waals surface area (Å²) in [6.45, 7) is 0. The first-order valence-electron chi connectivity index (χ1n) is 8.22. The monoisotopic (exact) mass is 364 g/mol. The van der Waals surface area contributed by atoms with E-state index in [4.69, 9.17) is 11.6 Å². The van der Waals surface area contributed by atoms with E-state index in [1.807, 2.05) is 0 Å². The van der Waals surface area contributed by atoms with Gasteiger partial charge in [0, 0.05) is 16.1 Å². The molecule has 4 heteroatoms. The summed E-state index contributed by atoms with van der Waals surface area (Å²) in [4.78, 5) is 26.7. The molecule has 0 heterocycles. The van der Waals surface area contributed by atoms with Gasteiger partial charge in [0.2, 0.25) is 0 Å². The van der Waals surface area contributed by atoms with Gasteiger partial charge in [0.15, 0.2) is 11.6 Å². The Bertz CT molecular complexity index is 989. The summed E-state index contributed by atoms with van der Waals surface area (Å²) in [5, 5.41) is 0.505. The Morgan fingerprint density at radius 2 is 1.31 bits per heavy atom. The van der Waals surface area contributed by atoms with Crippen LogP contribution in [0, 0.1) is 5.82 Å². The molecule has 3 aromatic rings. The number of rotatable bonds is 3. The average Bonchev–Trinajstić information content (AvgIpc) is 2.87. The molecule has 128 valence electrons. The molecule has 2 nitrogen and oxygen atoms in total. The van der Waals surface area contributed by atoms with Crippen molar-refractivity contribution in [2.24, 2.45) is 0 Å². The Hall–Kier alpha value is -2.78. The maximum absolute atomic E-state index is 14.3. The molecule has 1 aliphatic carbocycles. The van der Waals surface area contributed by atoms with E-state index in [0.29, 0.717) is 27.3 Å². The topological polar surface area (TPSA) is 34.1 Å².